The summed E-state index contributed by atoms with van der Waals surface area (Å²) in [5.74, 6) is 0.151. The lowest BCUT2D eigenvalue weighted by Gasteiger charge is -2.28. The van der Waals surface area contributed by atoms with Gasteiger partial charge in [-0.3, -0.25) is 4.79 Å². The molecule has 1 saturated carbocycles. The minimum absolute atomic E-state index is 0.0141. The molecule has 1 amide bonds. The molecule has 4 nitrogen and oxygen atoms in total. The molecule has 4 heteroatoms. The summed E-state index contributed by atoms with van der Waals surface area (Å²) in [6.45, 7) is 0.228. The number of rotatable bonds is 3. The Hall–Kier alpha value is -2.07. The van der Waals surface area contributed by atoms with Gasteiger partial charge < -0.3 is 15.5 Å². The lowest BCUT2D eigenvalue weighted by atomic mass is 9.86. The van der Waals surface area contributed by atoms with Crippen molar-refractivity contribution < 1.29 is 15.0 Å². The maximum atomic E-state index is 12.4. The highest BCUT2D eigenvalue weighted by atomic mass is 16.3. The number of aromatic hydroxyl groups is 1. The quantitative estimate of drug-likeness (QED) is 0.816. The Bertz CT molecular complexity index is 675. The highest BCUT2D eigenvalue weighted by molar-refractivity contribution is 6.01. The minimum atomic E-state index is -0.226. The standard InChI is InChI=1S/C18H21NO3/c20-11-12-5-7-15(8-6-12)19-18(22)16-9-13-3-1-2-4-14(13)10-17(16)21/h1-4,9-10,12,15,20-21H,5-8,11H2,(H,19,22). The fourth-order valence-electron chi connectivity index (χ4n) is 3.16. The van der Waals surface area contributed by atoms with Crippen molar-refractivity contribution in [3.63, 3.8) is 0 Å². The number of hydrogen-bond acceptors (Lipinski definition) is 3. The van der Waals surface area contributed by atoms with E-state index in [1.54, 1.807) is 12.1 Å². The van der Waals surface area contributed by atoms with E-state index in [1.165, 1.54) is 0 Å². The summed E-state index contributed by atoms with van der Waals surface area (Å²) in [7, 11) is 0. The van der Waals surface area contributed by atoms with Crippen molar-refractivity contribution in [3.8, 4) is 5.75 Å². The second-order valence-corrected chi connectivity index (χ2v) is 6.09. The summed E-state index contributed by atoms with van der Waals surface area (Å²) in [5.41, 5.74) is 0.322. The van der Waals surface area contributed by atoms with Crippen LogP contribution >= 0.6 is 0 Å². The fraction of sp³-hybridized carbons (Fsp3) is 0.389. The van der Waals surface area contributed by atoms with Gasteiger partial charge in [-0.2, -0.15) is 0 Å². The zero-order valence-electron chi connectivity index (χ0n) is 12.5. The third kappa shape index (κ3) is 3.07. The predicted molar refractivity (Wildman–Crippen MR) is 85.9 cm³/mol. The summed E-state index contributed by atoms with van der Waals surface area (Å²) >= 11 is 0. The SMILES string of the molecule is O=C(NC1CCC(CO)CC1)c1cc2ccccc2cc1O. The number of nitrogens with one attached hydrogen (secondary N) is 1. The molecule has 1 aliphatic carbocycles. The lowest BCUT2D eigenvalue weighted by molar-refractivity contribution is 0.0911. The van der Waals surface area contributed by atoms with E-state index in [0.717, 1.165) is 36.5 Å². The summed E-state index contributed by atoms with van der Waals surface area (Å²) < 4.78 is 0. The molecule has 0 spiro atoms. The summed E-state index contributed by atoms with van der Waals surface area (Å²) in [5, 5.41) is 24.1. The van der Waals surface area contributed by atoms with Crippen LogP contribution in [0.4, 0.5) is 0 Å². The van der Waals surface area contributed by atoms with Gasteiger partial charge in [0.2, 0.25) is 0 Å². The Labute approximate surface area is 129 Å². The Kier molecular flexibility index (Phi) is 4.29. The first kappa shape index (κ1) is 14.9. The smallest absolute Gasteiger partial charge is 0.255 e. The van der Waals surface area contributed by atoms with E-state index >= 15 is 0 Å². The molecular formula is C18H21NO3. The molecule has 3 rings (SSSR count). The fourth-order valence-corrected chi connectivity index (χ4v) is 3.16. The van der Waals surface area contributed by atoms with Gasteiger partial charge in [0.05, 0.1) is 5.56 Å². The van der Waals surface area contributed by atoms with Crippen LogP contribution in [0.3, 0.4) is 0 Å². The number of aliphatic hydroxyl groups is 1. The average Bonchev–Trinajstić information content (AvgIpc) is 2.54. The number of amides is 1. The number of phenols is 1. The molecule has 0 saturated heterocycles. The molecular weight excluding hydrogens is 278 g/mol. The van der Waals surface area contributed by atoms with Crippen LogP contribution in [0.5, 0.6) is 5.75 Å². The van der Waals surface area contributed by atoms with Crippen LogP contribution in [0.25, 0.3) is 10.8 Å². The average molecular weight is 299 g/mol. The van der Waals surface area contributed by atoms with Gasteiger partial charge in [-0.25, -0.2) is 0 Å². The molecule has 22 heavy (non-hydrogen) atoms. The molecule has 2 aromatic carbocycles. The first-order valence-electron chi connectivity index (χ1n) is 7.81. The number of hydrogen-bond donors (Lipinski definition) is 3. The topological polar surface area (TPSA) is 69.6 Å². The zero-order valence-corrected chi connectivity index (χ0v) is 12.5. The van der Waals surface area contributed by atoms with E-state index in [9.17, 15) is 9.90 Å². The van der Waals surface area contributed by atoms with Gasteiger partial charge in [-0.15, -0.1) is 0 Å². The second-order valence-electron chi connectivity index (χ2n) is 6.09. The number of fused-ring (bicyclic) bond motifs is 1. The zero-order chi connectivity index (χ0) is 15.5. The van der Waals surface area contributed by atoms with Gasteiger partial charge in [0, 0.05) is 12.6 Å². The van der Waals surface area contributed by atoms with Gasteiger partial charge >= 0.3 is 0 Å². The molecule has 0 unspecified atom stereocenters. The van der Waals surface area contributed by atoms with Gasteiger partial charge in [0.25, 0.3) is 5.91 Å². The molecule has 0 radical (unpaired) electrons. The van der Waals surface area contributed by atoms with E-state index < -0.39 is 0 Å². The number of aliphatic hydroxyl groups excluding tert-OH is 1. The Balaban J connectivity index is 1.73. The highest BCUT2D eigenvalue weighted by Gasteiger charge is 2.23. The van der Waals surface area contributed by atoms with Crippen LogP contribution in [0.1, 0.15) is 36.0 Å². The van der Waals surface area contributed by atoms with Crippen molar-refractivity contribution >= 4 is 16.7 Å². The molecule has 0 atom stereocenters. The number of carbonyl (C=O) groups excluding carboxylic acids is 1. The molecule has 0 bridgehead atoms. The lowest BCUT2D eigenvalue weighted by Crippen LogP contribution is -2.38. The predicted octanol–water partition coefficient (Wildman–Crippen LogP) is 2.83. The van der Waals surface area contributed by atoms with Gasteiger partial charge in [0.1, 0.15) is 5.75 Å². The van der Waals surface area contributed by atoms with Crippen LogP contribution in [0.2, 0.25) is 0 Å². The van der Waals surface area contributed by atoms with Crippen molar-refractivity contribution in [2.75, 3.05) is 6.61 Å². The highest BCUT2D eigenvalue weighted by Crippen LogP contribution is 2.27. The molecule has 0 heterocycles. The van der Waals surface area contributed by atoms with E-state index in [-0.39, 0.29) is 24.3 Å². The van der Waals surface area contributed by atoms with E-state index in [4.69, 9.17) is 5.11 Å². The van der Waals surface area contributed by atoms with Crippen LogP contribution in [0.15, 0.2) is 36.4 Å². The maximum Gasteiger partial charge on any atom is 0.255 e. The molecule has 3 N–H and O–H groups in total. The number of benzene rings is 2. The van der Waals surface area contributed by atoms with Crippen molar-refractivity contribution in [3.05, 3.63) is 42.0 Å². The molecule has 116 valence electrons. The van der Waals surface area contributed by atoms with Gasteiger partial charge in [-0.1, -0.05) is 24.3 Å². The third-order valence-corrected chi connectivity index (χ3v) is 4.55. The van der Waals surface area contributed by atoms with Crippen LogP contribution in [-0.4, -0.2) is 28.8 Å². The van der Waals surface area contributed by atoms with E-state index in [2.05, 4.69) is 5.32 Å². The molecule has 0 aromatic heterocycles. The monoisotopic (exact) mass is 299 g/mol. The van der Waals surface area contributed by atoms with E-state index in [1.807, 2.05) is 24.3 Å². The first-order valence-corrected chi connectivity index (χ1v) is 7.81. The van der Waals surface area contributed by atoms with Crippen molar-refractivity contribution in [2.45, 2.75) is 31.7 Å². The van der Waals surface area contributed by atoms with Crippen molar-refractivity contribution in [2.24, 2.45) is 5.92 Å². The van der Waals surface area contributed by atoms with Crippen LogP contribution in [0, 0.1) is 5.92 Å². The Morgan fingerprint density at radius 3 is 2.36 bits per heavy atom. The summed E-state index contributed by atoms with van der Waals surface area (Å²) in [6, 6.07) is 11.1. The number of carbonyl (C=O) groups is 1. The van der Waals surface area contributed by atoms with E-state index in [0.29, 0.717) is 11.5 Å². The van der Waals surface area contributed by atoms with Gasteiger partial charge in [-0.05, 0) is 54.5 Å². The Morgan fingerprint density at radius 1 is 1.09 bits per heavy atom. The normalized spacial score (nSPS) is 21.7. The molecule has 1 aliphatic rings. The van der Waals surface area contributed by atoms with Gasteiger partial charge in [0.15, 0.2) is 0 Å². The Morgan fingerprint density at radius 2 is 1.73 bits per heavy atom. The summed E-state index contributed by atoms with van der Waals surface area (Å²) in [4.78, 5) is 12.4. The molecule has 0 aliphatic heterocycles. The second kappa shape index (κ2) is 6.36. The van der Waals surface area contributed by atoms with Crippen molar-refractivity contribution in [1.29, 1.82) is 0 Å². The van der Waals surface area contributed by atoms with Crippen LogP contribution < -0.4 is 5.32 Å². The minimum Gasteiger partial charge on any atom is -0.507 e. The molecule has 1 fully saturated rings. The van der Waals surface area contributed by atoms with Crippen molar-refractivity contribution in [1.82, 2.24) is 5.32 Å². The maximum absolute atomic E-state index is 12.4. The first-order chi connectivity index (χ1) is 10.7. The largest absolute Gasteiger partial charge is 0.507 e. The third-order valence-electron chi connectivity index (χ3n) is 4.55. The van der Waals surface area contributed by atoms with Crippen LogP contribution in [-0.2, 0) is 0 Å². The number of phenolic OH excluding ortho intramolecular Hbond substituents is 1. The summed E-state index contributed by atoms with van der Waals surface area (Å²) in [6.07, 6.45) is 3.63. The molecule has 2 aromatic rings.